The highest BCUT2D eigenvalue weighted by Gasteiger charge is 2.07. The zero-order valence-electron chi connectivity index (χ0n) is 6.80. The molecule has 0 aliphatic carbocycles. The van der Waals surface area contributed by atoms with Crippen LogP contribution in [0.1, 0.15) is 0 Å². The molecule has 2 rings (SSSR count). The van der Waals surface area contributed by atoms with Crippen LogP contribution >= 0.6 is 57.3 Å². The molecule has 4 heteroatoms. The molecule has 2 aromatic rings. The third kappa shape index (κ3) is 1.84. The molecule has 0 aliphatic rings. The van der Waals surface area contributed by atoms with Gasteiger partial charge in [0.15, 0.2) is 0 Å². The second-order valence-electron chi connectivity index (χ2n) is 2.54. The Morgan fingerprint density at radius 1 is 1.46 bits per heavy atom. The molecule has 1 aromatic carbocycles. The van der Waals surface area contributed by atoms with E-state index in [1.165, 1.54) is 17.9 Å². The monoisotopic (exact) mass is 340 g/mol. The predicted molar refractivity (Wildman–Crippen MR) is 71.3 cm³/mol. The maximum absolute atomic E-state index is 6.10. The third-order valence-corrected chi connectivity index (χ3v) is 5.36. The lowest BCUT2D eigenvalue weighted by Crippen LogP contribution is -1.71. The number of halogens is 2. The topological polar surface area (TPSA) is 0 Å². The Balaban J connectivity index is 2.80. The zero-order chi connectivity index (χ0) is 9.42. The van der Waals surface area contributed by atoms with Crippen LogP contribution in [0.4, 0.5) is 0 Å². The lowest BCUT2D eigenvalue weighted by atomic mass is 10.3. The third-order valence-electron chi connectivity index (χ3n) is 1.76. The van der Waals surface area contributed by atoms with Crippen molar-refractivity contribution in [2.45, 2.75) is 4.21 Å². The Labute approximate surface area is 104 Å². The van der Waals surface area contributed by atoms with Gasteiger partial charge in [0, 0.05) is 8.96 Å². The Morgan fingerprint density at radius 2 is 2.23 bits per heavy atom. The molecule has 0 fully saturated rings. The van der Waals surface area contributed by atoms with Crippen molar-refractivity contribution in [2.75, 3.05) is 6.26 Å². The first-order valence-corrected chi connectivity index (χ1v) is 7.13. The summed E-state index contributed by atoms with van der Waals surface area (Å²) in [4.78, 5) is 0. The maximum Gasteiger partial charge on any atom is 0.0609 e. The van der Waals surface area contributed by atoms with Gasteiger partial charge in [-0.15, -0.1) is 23.1 Å². The summed E-state index contributed by atoms with van der Waals surface area (Å²) in [7, 11) is 0. The molecule has 0 N–H and O–H groups in total. The molecular formula is C9H6ClIS2. The number of hydrogen-bond donors (Lipinski definition) is 0. The molecular weight excluding hydrogens is 335 g/mol. The summed E-state index contributed by atoms with van der Waals surface area (Å²) in [5.41, 5.74) is 0. The highest BCUT2D eigenvalue weighted by Crippen LogP contribution is 2.38. The van der Waals surface area contributed by atoms with Gasteiger partial charge in [-0.3, -0.25) is 0 Å². The van der Waals surface area contributed by atoms with Crippen molar-refractivity contribution in [1.82, 2.24) is 0 Å². The first-order valence-electron chi connectivity index (χ1n) is 3.64. The predicted octanol–water partition coefficient (Wildman–Crippen LogP) is 4.88. The summed E-state index contributed by atoms with van der Waals surface area (Å²) in [5.74, 6) is 0. The fraction of sp³-hybridized carbons (Fsp3) is 0.111. The van der Waals surface area contributed by atoms with E-state index in [4.69, 9.17) is 11.6 Å². The van der Waals surface area contributed by atoms with E-state index in [0.29, 0.717) is 0 Å². The van der Waals surface area contributed by atoms with Crippen molar-refractivity contribution >= 4 is 67.4 Å². The van der Waals surface area contributed by atoms with Crippen LogP contribution in [-0.4, -0.2) is 6.26 Å². The largest absolute Gasteiger partial charge is 0.127 e. The van der Waals surface area contributed by atoms with Gasteiger partial charge < -0.3 is 0 Å². The summed E-state index contributed by atoms with van der Waals surface area (Å²) in [5, 5.41) is 2.14. The Kier molecular flexibility index (Phi) is 3.07. The van der Waals surface area contributed by atoms with Gasteiger partial charge in [-0.1, -0.05) is 11.6 Å². The van der Waals surface area contributed by atoms with Gasteiger partial charge in [-0.05, 0) is 47.0 Å². The van der Waals surface area contributed by atoms with E-state index < -0.39 is 0 Å². The molecule has 0 unspecified atom stereocenters. The number of rotatable bonds is 1. The van der Waals surface area contributed by atoms with Crippen LogP contribution in [0.5, 0.6) is 0 Å². The lowest BCUT2D eigenvalue weighted by Gasteiger charge is -1.94. The fourth-order valence-electron chi connectivity index (χ4n) is 1.14. The highest BCUT2D eigenvalue weighted by molar-refractivity contribution is 14.1. The lowest BCUT2D eigenvalue weighted by molar-refractivity contribution is 1.73. The van der Waals surface area contributed by atoms with Crippen LogP contribution in [0.15, 0.2) is 22.4 Å². The van der Waals surface area contributed by atoms with E-state index in [9.17, 15) is 0 Å². The molecule has 0 bridgehead atoms. The van der Waals surface area contributed by atoms with Gasteiger partial charge in [0.05, 0.1) is 13.9 Å². The molecule has 0 aliphatic heterocycles. The summed E-state index contributed by atoms with van der Waals surface area (Å²) >= 11 is 12.0. The average molecular weight is 341 g/mol. The van der Waals surface area contributed by atoms with E-state index in [-0.39, 0.29) is 0 Å². The van der Waals surface area contributed by atoms with E-state index >= 15 is 0 Å². The molecule has 0 atom stereocenters. The molecule has 0 saturated heterocycles. The standard InChI is InChI=1S/C9H6ClIS2/c1-12-8-4-5-7(11)3-2-6(10)9(5)13-8/h2-4H,1H3. The van der Waals surface area contributed by atoms with E-state index in [0.717, 1.165) is 5.02 Å². The first-order chi connectivity index (χ1) is 6.22. The molecule has 1 heterocycles. The molecule has 68 valence electrons. The number of fused-ring (bicyclic) bond motifs is 1. The van der Waals surface area contributed by atoms with Crippen LogP contribution in [0.25, 0.3) is 10.1 Å². The van der Waals surface area contributed by atoms with Crippen molar-refractivity contribution in [3.05, 3.63) is 26.8 Å². The molecule has 13 heavy (non-hydrogen) atoms. The minimum atomic E-state index is 0.862. The summed E-state index contributed by atoms with van der Waals surface area (Å²) in [6, 6.07) is 6.23. The van der Waals surface area contributed by atoms with E-state index in [2.05, 4.69) is 41.0 Å². The van der Waals surface area contributed by atoms with E-state index in [1.54, 1.807) is 23.1 Å². The number of hydrogen-bond acceptors (Lipinski definition) is 2. The van der Waals surface area contributed by atoms with Gasteiger partial charge in [0.25, 0.3) is 0 Å². The molecule has 0 saturated carbocycles. The number of benzene rings is 1. The second kappa shape index (κ2) is 3.96. The summed E-state index contributed by atoms with van der Waals surface area (Å²) in [6.45, 7) is 0. The Morgan fingerprint density at radius 3 is 2.85 bits per heavy atom. The van der Waals surface area contributed by atoms with Crippen molar-refractivity contribution in [3.8, 4) is 0 Å². The Hall–Kier alpha value is 0.550. The van der Waals surface area contributed by atoms with Crippen LogP contribution in [-0.2, 0) is 0 Å². The summed E-state index contributed by atoms with van der Waals surface area (Å²) < 4.78 is 3.80. The minimum Gasteiger partial charge on any atom is -0.127 e. The van der Waals surface area contributed by atoms with Gasteiger partial charge >= 0.3 is 0 Å². The van der Waals surface area contributed by atoms with Gasteiger partial charge in [0.2, 0.25) is 0 Å². The minimum absolute atomic E-state index is 0.862. The number of thioether (sulfide) groups is 1. The van der Waals surface area contributed by atoms with Crippen molar-refractivity contribution in [3.63, 3.8) is 0 Å². The molecule has 0 spiro atoms. The Bertz CT molecular complexity index is 411. The van der Waals surface area contributed by atoms with Crippen molar-refractivity contribution < 1.29 is 0 Å². The molecule has 0 nitrogen and oxygen atoms in total. The number of thiophene rings is 1. The smallest absolute Gasteiger partial charge is 0.0609 e. The van der Waals surface area contributed by atoms with Gasteiger partial charge in [-0.2, -0.15) is 0 Å². The van der Waals surface area contributed by atoms with Gasteiger partial charge in [-0.25, -0.2) is 0 Å². The van der Waals surface area contributed by atoms with Crippen LogP contribution in [0, 0.1) is 3.57 Å². The maximum atomic E-state index is 6.10. The first kappa shape index (κ1) is 10.1. The van der Waals surface area contributed by atoms with E-state index in [1.807, 2.05) is 6.07 Å². The average Bonchev–Trinajstić information content (AvgIpc) is 2.56. The van der Waals surface area contributed by atoms with Crippen LogP contribution < -0.4 is 0 Å². The fourth-order valence-corrected chi connectivity index (χ4v) is 3.85. The molecule has 0 radical (unpaired) electrons. The molecule has 0 amide bonds. The summed E-state index contributed by atoms with van der Waals surface area (Å²) in [6.07, 6.45) is 2.09. The van der Waals surface area contributed by atoms with Crippen LogP contribution in [0.3, 0.4) is 0 Å². The van der Waals surface area contributed by atoms with Crippen molar-refractivity contribution in [2.24, 2.45) is 0 Å². The SMILES string of the molecule is CSc1cc2c(I)ccc(Cl)c2s1. The van der Waals surface area contributed by atoms with Gasteiger partial charge in [0.1, 0.15) is 0 Å². The zero-order valence-corrected chi connectivity index (χ0v) is 11.4. The van der Waals surface area contributed by atoms with Crippen LogP contribution in [0.2, 0.25) is 5.02 Å². The quantitative estimate of drug-likeness (QED) is 0.526. The highest BCUT2D eigenvalue weighted by atomic mass is 127. The molecule has 1 aromatic heterocycles. The normalized spacial score (nSPS) is 11.0. The second-order valence-corrected chi connectivity index (χ2v) is 6.27. The van der Waals surface area contributed by atoms with Crippen molar-refractivity contribution in [1.29, 1.82) is 0 Å².